The molecule has 2 nitrogen and oxygen atoms in total. The van der Waals surface area contributed by atoms with Gasteiger partial charge in [-0.05, 0) is 139 Å². The molecule has 2 aliphatic rings. The quantitative estimate of drug-likeness (QED) is 0.143. The first-order chi connectivity index (χ1) is 34.2. The minimum atomic E-state index is -0.409. The van der Waals surface area contributed by atoms with Gasteiger partial charge in [-0.2, -0.15) is 0 Å². The van der Waals surface area contributed by atoms with E-state index >= 15 is 0 Å². The molecule has 0 saturated carbocycles. The van der Waals surface area contributed by atoms with Crippen LogP contribution in [-0.2, 0) is 5.41 Å². The summed E-state index contributed by atoms with van der Waals surface area (Å²) in [5.41, 5.74) is 24.0. The summed E-state index contributed by atoms with van der Waals surface area (Å²) in [7, 11) is 0. The number of para-hydroxylation sites is 2. The first-order valence-corrected chi connectivity index (χ1v) is 23.8. The van der Waals surface area contributed by atoms with Crippen molar-refractivity contribution in [2.75, 3.05) is 9.80 Å². The minimum Gasteiger partial charge on any atom is -0.311 e. The lowest BCUT2D eigenvalue weighted by molar-refractivity contribution is 0.794. The van der Waals surface area contributed by atoms with Crippen LogP contribution in [0.3, 0.4) is 0 Å². The molecule has 324 valence electrons. The van der Waals surface area contributed by atoms with Crippen molar-refractivity contribution >= 4 is 34.1 Å². The van der Waals surface area contributed by atoms with Crippen LogP contribution in [0, 0.1) is 0 Å². The molecule has 0 atom stereocenters. The molecule has 0 radical (unpaired) electrons. The van der Waals surface area contributed by atoms with Crippen molar-refractivity contribution in [2.24, 2.45) is 0 Å². The lowest BCUT2D eigenvalue weighted by atomic mass is 9.70. The average molecular weight is 879 g/mol. The van der Waals surface area contributed by atoms with Crippen molar-refractivity contribution < 1.29 is 0 Å². The molecule has 0 bridgehead atoms. The summed E-state index contributed by atoms with van der Waals surface area (Å²) in [6.45, 7) is 0. The zero-order valence-electron chi connectivity index (χ0n) is 38.0. The maximum atomic E-state index is 2.44. The molecule has 1 spiro atoms. The van der Waals surface area contributed by atoms with Crippen molar-refractivity contribution in [3.8, 4) is 55.6 Å². The standard InChI is InChI=1S/C67H46N2/c1-4-17-47(18-5-1)50-35-41-55(42-36-50)68(53-19-6-2-7-20-53)56-43-37-51(38-44-56)48-31-33-49(34-32-48)52-39-45-57(46-40-52)69(54-21-8-3-9-22-54)65-30-16-29-64-66(65)60-25-12-15-28-63(60)67(64)61-26-13-10-23-58(61)59-24-11-14-27-62(59)67/h1-46H. The number of nitrogens with zero attached hydrogens (tertiary/aromatic N) is 2. The Morgan fingerprint density at radius 3 is 0.971 bits per heavy atom. The van der Waals surface area contributed by atoms with Gasteiger partial charge in [-0.1, -0.05) is 212 Å². The second-order valence-corrected chi connectivity index (χ2v) is 18.0. The molecule has 11 aromatic carbocycles. The minimum absolute atomic E-state index is 0.409. The van der Waals surface area contributed by atoms with Crippen molar-refractivity contribution in [1.82, 2.24) is 0 Å². The van der Waals surface area contributed by atoms with Crippen LogP contribution in [-0.4, -0.2) is 0 Å². The molecular formula is C67H46N2. The summed E-state index contributed by atoms with van der Waals surface area (Å²) in [6.07, 6.45) is 0. The van der Waals surface area contributed by atoms with Crippen LogP contribution in [0.25, 0.3) is 55.6 Å². The van der Waals surface area contributed by atoms with E-state index in [0.29, 0.717) is 0 Å². The number of hydrogen-bond donors (Lipinski definition) is 0. The van der Waals surface area contributed by atoms with Gasteiger partial charge in [-0.25, -0.2) is 0 Å². The van der Waals surface area contributed by atoms with E-state index in [4.69, 9.17) is 0 Å². The maximum Gasteiger partial charge on any atom is 0.0726 e. The Morgan fingerprint density at radius 1 is 0.203 bits per heavy atom. The number of rotatable bonds is 9. The Bertz CT molecular complexity index is 3570. The summed E-state index contributed by atoms with van der Waals surface area (Å²) in [4.78, 5) is 4.76. The van der Waals surface area contributed by atoms with Crippen LogP contribution in [0.5, 0.6) is 0 Å². The first-order valence-electron chi connectivity index (χ1n) is 23.8. The van der Waals surface area contributed by atoms with Crippen LogP contribution in [0.4, 0.5) is 34.1 Å². The third kappa shape index (κ3) is 6.64. The number of hydrogen-bond acceptors (Lipinski definition) is 2. The molecule has 0 N–H and O–H groups in total. The smallest absolute Gasteiger partial charge is 0.0726 e. The van der Waals surface area contributed by atoms with E-state index in [1.54, 1.807) is 0 Å². The van der Waals surface area contributed by atoms with E-state index in [9.17, 15) is 0 Å². The molecule has 0 fully saturated rings. The highest BCUT2D eigenvalue weighted by Crippen LogP contribution is 2.64. The molecule has 0 aromatic heterocycles. The van der Waals surface area contributed by atoms with E-state index in [1.165, 1.54) is 83.6 Å². The highest BCUT2D eigenvalue weighted by Gasteiger charge is 2.52. The molecule has 0 unspecified atom stereocenters. The molecule has 2 aliphatic carbocycles. The van der Waals surface area contributed by atoms with Gasteiger partial charge in [0.1, 0.15) is 0 Å². The van der Waals surface area contributed by atoms with Crippen LogP contribution in [0.2, 0.25) is 0 Å². The van der Waals surface area contributed by atoms with E-state index < -0.39 is 5.41 Å². The molecular weight excluding hydrogens is 833 g/mol. The molecule has 0 heterocycles. The highest BCUT2D eigenvalue weighted by molar-refractivity contribution is 6.01. The molecule has 69 heavy (non-hydrogen) atoms. The van der Waals surface area contributed by atoms with Crippen molar-refractivity contribution in [3.63, 3.8) is 0 Å². The fourth-order valence-electron chi connectivity index (χ4n) is 11.2. The highest BCUT2D eigenvalue weighted by atomic mass is 15.1. The summed E-state index contributed by atoms with van der Waals surface area (Å²) in [5, 5.41) is 0. The van der Waals surface area contributed by atoms with Gasteiger partial charge in [0.25, 0.3) is 0 Å². The Hall–Kier alpha value is -8.98. The SMILES string of the molecule is c1ccc(-c2ccc(N(c3ccccc3)c3ccc(-c4ccc(-c5ccc(N(c6ccccc6)c6cccc7c6-c6ccccc6C76c7ccccc7-c7ccccc76)cc5)cc4)cc3)cc2)cc1. The predicted molar refractivity (Wildman–Crippen MR) is 288 cm³/mol. The Balaban J connectivity index is 0.822. The summed E-state index contributed by atoms with van der Waals surface area (Å²) >= 11 is 0. The topological polar surface area (TPSA) is 6.48 Å². The monoisotopic (exact) mass is 878 g/mol. The zero-order chi connectivity index (χ0) is 45.7. The molecule has 2 heteroatoms. The second-order valence-electron chi connectivity index (χ2n) is 18.0. The summed E-state index contributed by atoms with van der Waals surface area (Å²) < 4.78 is 0. The molecule has 11 aromatic rings. The van der Waals surface area contributed by atoms with Gasteiger partial charge in [0.05, 0.1) is 11.1 Å². The predicted octanol–water partition coefficient (Wildman–Crippen LogP) is 18.0. The normalized spacial score (nSPS) is 12.5. The van der Waals surface area contributed by atoms with Gasteiger partial charge in [-0.15, -0.1) is 0 Å². The molecule has 0 aliphatic heterocycles. The molecule has 13 rings (SSSR count). The van der Waals surface area contributed by atoms with Crippen LogP contribution < -0.4 is 9.80 Å². The van der Waals surface area contributed by atoms with Gasteiger partial charge >= 0.3 is 0 Å². The van der Waals surface area contributed by atoms with Crippen LogP contribution in [0.15, 0.2) is 279 Å². The number of fused-ring (bicyclic) bond motifs is 10. The van der Waals surface area contributed by atoms with Gasteiger partial charge < -0.3 is 9.80 Å². The molecule has 0 saturated heterocycles. The van der Waals surface area contributed by atoms with Gasteiger partial charge in [0, 0.05) is 34.0 Å². The third-order valence-corrected chi connectivity index (χ3v) is 14.3. The Kier molecular flexibility index (Phi) is 9.77. The average Bonchev–Trinajstić information content (AvgIpc) is 3.91. The fraction of sp³-hybridized carbons (Fsp3) is 0.0149. The lowest BCUT2D eigenvalue weighted by Crippen LogP contribution is -2.26. The Morgan fingerprint density at radius 2 is 0.507 bits per heavy atom. The summed E-state index contributed by atoms with van der Waals surface area (Å²) in [5.74, 6) is 0. The van der Waals surface area contributed by atoms with E-state index in [2.05, 4.69) is 289 Å². The van der Waals surface area contributed by atoms with Crippen LogP contribution >= 0.6 is 0 Å². The lowest BCUT2D eigenvalue weighted by Gasteiger charge is -2.31. The summed E-state index contributed by atoms with van der Waals surface area (Å²) in [6, 6.07) is 102. The number of benzene rings is 11. The Labute approximate surface area is 404 Å². The van der Waals surface area contributed by atoms with E-state index in [-0.39, 0.29) is 0 Å². The van der Waals surface area contributed by atoms with Gasteiger partial charge in [-0.3, -0.25) is 0 Å². The van der Waals surface area contributed by atoms with Gasteiger partial charge in [0.2, 0.25) is 0 Å². The zero-order valence-corrected chi connectivity index (χ0v) is 38.0. The third-order valence-electron chi connectivity index (χ3n) is 14.3. The fourth-order valence-corrected chi connectivity index (χ4v) is 11.2. The largest absolute Gasteiger partial charge is 0.311 e. The second kappa shape index (κ2) is 16.7. The number of anilines is 6. The van der Waals surface area contributed by atoms with E-state index in [0.717, 1.165) is 28.4 Å². The van der Waals surface area contributed by atoms with Crippen molar-refractivity contribution in [1.29, 1.82) is 0 Å². The maximum absolute atomic E-state index is 2.44. The van der Waals surface area contributed by atoms with Gasteiger partial charge in [0.15, 0.2) is 0 Å². The van der Waals surface area contributed by atoms with Crippen molar-refractivity contribution in [3.05, 3.63) is 301 Å². The van der Waals surface area contributed by atoms with Crippen LogP contribution in [0.1, 0.15) is 22.3 Å². The molecule has 0 amide bonds. The first kappa shape index (κ1) is 40.3. The van der Waals surface area contributed by atoms with E-state index in [1.807, 2.05) is 0 Å². The van der Waals surface area contributed by atoms with Crippen molar-refractivity contribution in [2.45, 2.75) is 5.41 Å².